The lowest BCUT2D eigenvalue weighted by Gasteiger charge is -2.10. The second kappa shape index (κ2) is 10.2. The third-order valence-corrected chi connectivity index (χ3v) is 5.78. The van der Waals surface area contributed by atoms with Crippen LogP contribution in [-0.4, -0.2) is 42.7 Å². The highest BCUT2D eigenvalue weighted by molar-refractivity contribution is 9.10. The van der Waals surface area contributed by atoms with E-state index in [1.807, 2.05) is 41.0 Å². The summed E-state index contributed by atoms with van der Waals surface area (Å²) in [5.74, 6) is 0.516. The summed E-state index contributed by atoms with van der Waals surface area (Å²) in [4.78, 5) is 16.3. The first-order valence-electron chi connectivity index (χ1n) is 9.46. The number of carbonyl (C=O) groups excluding carboxylic acids is 1. The zero-order chi connectivity index (χ0) is 22.3. The Morgan fingerprint density at radius 1 is 1.09 bits per heavy atom. The Morgan fingerprint density at radius 3 is 2.59 bits per heavy atom. The fourth-order valence-electron chi connectivity index (χ4n) is 2.81. The van der Waals surface area contributed by atoms with Gasteiger partial charge in [0.2, 0.25) is 0 Å². The Kier molecular flexibility index (Phi) is 6.93. The number of nitrogens with one attached hydrogen (secondary N) is 1. The molecule has 0 unspecified atom stereocenters. The van der Waals surface area contributed by atoms with Crippen LogP contribution in [-0.2, 0) is 4.79 Å². The number of benzene rings is 2. The van der Waals surface area contributed by atoms with Crippen LogP contribution in [0.15, 0.2) is 87.8 Å². The van der Waals surface area contributed by atoms with Crippen LogP contribution in [0.3, 0.4) is 0 Å². The van der Waals surface area contributed by atoms with Crippen LogP contribution in [0.2, 0.25) is 0 Å². The molecule has 0 aliphatic carbocycles. The minimum atomic E-state index is -0.308. The van der Waals surface area contributed by atoms with Crippen molar-refractivity contribution in [1.29, 1.82) is 0 Å². The number of phenols is 1. The summed E-state index contributed by atoms with van der Waals surface area (Å²) in [7, 11) is 0. The number of carbonyl (C=O) groups is 1. The molecule has 0 aliphatic rings. The summed E-state index contributed by atoms with van der Waals surface area (Å²) in [5, 5.41) is 22.9. The van der Waals surface area contributed by atoms with Gasteiger partial charge in [-0.3, -0.25) is 14.3 Å². The number of phenolic OH excluding ortho intramolecular Hbond substituents is 1. The summed E-state index contributed by atoms with van der Waals surface area (Å²) < 4.78 is 2.85. The number of nitrogens with zero attached hydrogens (tertiary/aromatic N) is 5. The van der Waals surface area contributed by atoms with E-state index in [0.29, 0.717) is 16.5 Å². The van der Waals surface area contributed by atoms with Crippen LogP contribution in [0.5, 0.6) is 5.75 Å². The normalized spacial score (nSPS) is 11.0. The number of thioether (sulfide) groups is 1. The third kappa shape index (κ3) is 5.21. The molecule has 2 N–H and O–H groups in total. The van der Waals surface area contributed by atoms with E-state index >= 15 is 0 Å². The molecule has 2 aromatic heterocycles. The van der Waals surface area contributed by atoms with Crippen molar-refractivity contribution in [1.82, 2.24) is 25.2 Å². The Labute approximate surface area is 196 Å². The maximum absolute atomic E-state index is 12.3. The number of aromatic nitrogens is 4. The number of amides is 1. The van der Waals surface area contributed by atoms with E-state index in [9.17, 15) is 9.90 Å². The molecule has 0 radical (unpaired) electrons. The summed E-state index contributed by atoms with van der Waals surface area (Å²) >= 11 is 4.70. The molecule has 2 heterocycles. The first-order valence-corrected chi connectivity index (χ1v) is 11.2. The van der Waals surface area contributed by atoms with Crippen molar-refractivity contribution in [2.24, 2.45) is 5.10 Å². The molecule has 1 amide bonds. The molecule has 0 saturated carbocycles. The second-order valence-electron chi connectivity index (χ2n) is 6.49. The Morgan fingerprint density at radius 2 is 1.84 bits per heavy atom. The van der Waals surface area contributed by atoms with Gasteiger partial charge in [-0.25, -0.2) is 5.43 Å². The van der Waals surface area contributed by atoms with Gasteiger partial charge < -0.3 is 5.11 Å². The first-order chi connectivity index (χ1) is 15.6. The first kappa shape index (κ1) is 21.7. The van der Waals surface area contributed by atoms with Crippen molar-refractivity contribution in [3.63, 3.8) is 0 Å². The van der Waals surface area contributed by atoms with Crippen molar-refractivity contribution < 1.29 is 9.90 Å². The van der Waals surface area contributed by atoms with E-state index < -0.39 is 0 Å². The zero-order valence-corrected chi connectivity index (χ0v) is 19.0. The Balaban J connectivity index is 1.51. The van der Waals surface area contributed by atoms with Crippen molar-refractivity contribution >= 4 is 39.8 Å². The topological polar surface area (TPSA) is 105 Å². The van der Waals surface area contributed by atoms with Crippen LogP contribution in [0.25, 0.3) is 17.1 Å². The molecule has 0 spiro atoms. The maximum Gasteiger partial charge on any atom is 0.250 e. The van der Waals surface area contributed by atoms with Crippen LogP contribution < -0.4 is 5.43 Å². The second-order valence-corrected chi connectivity index (χ2v) is 8.35. The molecule has 160 valence electrons. The molecule has 4 aromatic rings. The number of aromatic hydroxyl groups is 1. The monoisotopic (exact) mass is 508 g/mol. The van der Waals surface area contributed by atoms with Gasteiger partial charge in [-0.15, -0.1) is 10.2 Å². The average Bonchev–Trinajstić information content (AvgIpc) is 3.24. The number of hydrazone groups is 1. The fourth-order valence-corrected chi connectivity index (χ4v) is 3.82. The van der Waals surface area contributed by atoms with Crippen molar-refractivity contribution in [3.05, 3.63) is 83.1 Å². The zero-order valence-electron chi connectivity index (χ0n) is 16.6. The number of hydrogen-bond donors (Lipinski definition) is 2. The van der Waals surface area contributed by atoms with Gasteiger partial charge in [-0.05, 0) is 48.5 Å². The predicted octanol–water partition coefficient (Wildman–Crippen LogP) is 4.04. The SMILES string of the molecule is O=C(CSc1nnc(-c2ccncc2)n1-c1ccc(Br)cc1)N/N=C/c1ccccc1O. The van der Waals surface area contributed by atoms with Crippen LogP contribution in [0.1, 0.15) is 5.56 Å². The molecular formula is C22H17BrN6O2S. The molecule has 2 aromatic carbocycles. The summed E-state index contributed by atoms with van der Waals surface area (Å²) in [6.45, 7) is 0. The largest absolute Gasteiger partial charge is 0.507 e. The molecule has 32 heavy (non-hydrogen) atoms. The van der Waals surface area contributed by atoms with Crippen molar-refractivity contribution in [2.45, 2.75) is 5.16 Å². The van der Waals surface area contributed by atoms with Crippen molar-refractivity contribution in [2.75, 3.05) is 5.75 Å². The van der Waals surface area contributed by atoms with Gasteiger partial charge in [0.05, 0.1) is 12.0 Å². The molecule has 0 saturated heterocycles. The highest BCUT2D eigenvalue weighted by atomic mass is 79.9. The molecule has 8 nitrogen and oxygen atoms in total. The van der Waals surface area contributed by atoms with E-state index in [0.717, 1.165) is 15.7 Å². The van der Waals surface area contributed by atoms with Gasteiger partial charge >= 0.3 is 0 Å². The van der Waals surface area contributed by atoms with Gasteiger partial charge in [0, 0.05) is 33.7 Å². The lowest BCUT2D eigenvalue weighted by atomic mass is 10.2. The quantitative estimate of drug-likeness (QED) is 0.221. The standard InChI is InChI=1S/C22H17BrN6O2S/c23-17-5-7-18(8-6-17)29-21(15-9-11-24-12-10-15)27-28-22(29)32-14-20(31)26-25-13-16-3-1-2-4-19(16)30/h1-13,30H,14H2,(H,26,31)/b25-13+. The maximum atomic E-state index is 12.3. The molecule has 10 heteroatoms. The van der Waals surface area contributed by atoms with Gasteiger partial charge in [-0.1, -0.05) is 39.8 Å². The summed E-state index contributed by atoms with van der Waals surface area (Å²) in [5.41, 5.74) is 4.70. The number of hydrogen-bond acceptors (Lipinski definition) is 7. The van der Waals surface area contributed by atoms with E-state index in [1.165, 1.54) is 18.0 Å². The van der Waals surface area contributed by atoms with E-state index in [2.05, 4.69) is 41.6 Å². The van der Waals surface area contributed by atoms with Crippen LogP contribution >= 0.6 is 27.7 Å². The van der Waals surface area contributed by atoms with Crippen LogP contribution in [0.4, 0.5) is 0 Å². The molecular weight excluding hydrogens is 492 g/mol. The van der Waals surface area contributed by atoms with Crippen LogP contribution in [0, 0.1) is 0 Å². The molecule has 0 aliphatic heterocycles. The minimum Gasteiger partial charge on any atom is -0.507 e. The molecule has 4 rings (SSSR count). The van der Waals surface area contributed by atoms with Gasteiger partial charge in [0.15, 0.2) is 11.0 Å². The molecule has 0 bridgehead atoms. The highest BCUT2D eigenvalue weighted by Crippen LogP contribution is 2.28. The number of para-hydroxylation sites is 1. The average molecular weight is 509 g/mol. The predicted molar refractivity (Wildman–Crippen MR) is 127 cm³/mol. The number of rotatable bonds is 7. The fraction of sp³-hybridized carbons (Fsp3) is 0.0455. The van der Waals surface area contributed by atoms with E-state index in [-0.39, 0.29) is 17.4 Å². The minimum absolute atomic E-state index is 0.0864. The summed E-state index contributed by atoms with van der Waals surface area (Å²) in [6, 6.07) is 18.2. The van der Waals surface area contributed by atoms with Gasteiger partial charge in [-0.2, -0.15) is 5.10 Å². The Bertz CT molecular complexity index is 1250. The lowest BCUT2D eigenvalue weighted by Crippen LogP contribution is -2.20. The lowest BCUT2D eigenvalue weighted by molar-refractivity contribution is -0.118. The molecule has 0 fully saturated rings. The highest BCUT2D eigenvalue weighted by Gasteiger charge is 2.17. The number of pyridine rings is 1. The van der Waals surface area contributed by atoms with E-state index in [1.54, 1.807) is 36.7 Å². The van der Waals surface area contributed by atoms with Gasteiger partial charge in [0.1, 0.15) is 5.75 Å². The smallest absolute Gasteiger partial charge is 0.250 e. The summed E-state index contributed by atoms with van der Waals surface area (Å²) in [6.07, 6.45) is 4.78. The van der Waals surface area contributed by atoms with E-state index in [4.69, 9.17) is 0 Å². The third-order valence-electron chi connectivity index (χ3n) is 4.32. The Hall–Kier alpha value is -3.50. The van der Waals surface area contributed by atoms with Crippen molar-refractivity contribution in [3.8, 4) is 22.8 Å². The van der Waals surface area contributed by atoms with Gasteiger partial charge in [0.25, 0.3) is 5.91 Å². The molecule has 0 atom stereocenters. The number of halogens is 1.